The summed E-state index contributed by atoms with van der Waals surface area (Å²) in [5.41, 5.74) is 7.64. The molecule has 158 valence electrons. The minimum atomic E-state index is 0.0957. The minimum Gasteiger partial charge on any atom is -0.355 e. The molecule has 1 heteroatoms. The summed E-state index contributed by atoms with van der Waals surface area (Å²) in [5, 5.41) is 6.21. The lowest BCUT2D eigenvalue weighted by Crippen LogP contribution is -2.11. The average molecular weight is 408 g/mol. The maximum atomic E-state index is 3.68. The van der Waals surface area contributed by atoms with Gasteiger partial charge in [0.15, 0.2) is 0 Å². The molecular formula is C30H33N. The van der Waals surface area contributed by atoms with E-state index in [4.69, 9.17) is 0 Å². The van der Waals surface area contributed by atoms with Crippen LogP contribution in [-0.2, 0) is 10.8 Å². The van der Waals surface area contributed by atoms with Gasteiger partial charge in [-0.05, 0) is 68.6 Å². The Hall–Kier alpha value is -3.06. The third kappa shape index (κ3) is 4.66. The molecule has 0 fully saturated rings. The van der Waals surface area contributed by atoms with Gasteiger partial charge in [-0.1, -0.05) is 96.1 Å². The Labute approximate surface area is 187 Å². The molecule has 0 aromatic heterocycles. The summed E-state index contributed by atoms with van der Waals surface area (Å²) in [4.78, 5) is 0. The lowest BCUT2D eigenvalue weighted by atomic mass is 9.84. The van der Waals surface area contributed by atoms with E-state index in [-0.39, 0.29) is 10.8 Å². The zero-order valence-corrected chi connectivity index (χ0v) is 19.6. The molecule has 0 saturated heterocycles. The van der Waals surface area contributed by atoms with E-state index < -0.39 is 0 Å². The zero-order chi connectivity index (χ0) is 22.2. The van der Waals surface area contributed by atoms with Crippen LogP contribution in [0.3, 0.4) is 0 Å². The van der Waals surface area contributed by atoms with Crippen LogP contribution >= 0.6 is 0 Å². The molecule has 1 nitrogen and oxygen atoms in total. The van der Waals surface area contributed by atoms with E-state index in [0.29, 0.717) is 0 Å². The molecule has 31 heavy (non-hydrogen) atoms. The van der Waals surface area contributed by atoms with Gasteiger partial charge in [-0.25, -0.2) is 0 Å². The number of benzene rings is 4. The van der Waals surface area contributed by atoms with E-state index in [1.807, 2.05) is 0 Å². The number of rotatable bonds is 3. The highest BCUT2D eigenvalue weighted by molar-refractivity contribution is 5.90. The van der Waals surface area contributed by atoms with Crippen molar-refractivity contribution < 1.29 is 0 Å². The monoisotopic (exact) mass is 407 g/mol. The van der Waals surface area contributed by atoms with E-state index in [2.05, 4.69) is 132 Å². The molecule has 0 heterocycles. The van der Waals surface area contributed by atoms with E-state index in [9.17, 15) is 0 Å². The van der Waals surface area contributed by atoms with Crippen molar-refractivity contribution in [3.63, 3.8) is 0 Å². The van der Waals surface area contributed by atoms with Crippen molar-refractivity contribution in [1.82, 2.24) is 0 Å². The Kier molecular flexibility index (Phi) is 5.39. The van der Waals surface area contributed by atoms with E-state index in [1.54, 1.807) is 0 Å². The van der Waals surface area contributed by atoms with E-state index in [0.717, 1.165) is 11.4 Å². The highest BCUT2D eigenvalue weighted by Crippen LogP contribution is 2.36. The quantitative estimate of drug-likeness (QED) is 0.357. The van der Waals surface area contributed by atoms with Gasteiger partial charge in [-0.15, -0.1) is 0 Å². The second-order valence-corrected chi connectivity index (χ2v) is 10.5. The SMILES string of the molecule is CC(C)(C)c1ccc(Nc2ccc(C(C)(C)C)cc2-c2ccc3ccccc3c2)cc1. The van der Waals surface area contributed by atoms with Crippen LogP contribution in [0.2, 0.25) is 0 Å². The number of fused-ring (bicyclic) bond motifs is 1. The standard InChI is InChI=1S/C30H33N/c1-29(2,3)24-13-16-26(17-14-24)31-28-18-15-25(30(4,5)6)20-27(28)23-12-11-21-9-7-8-10-22(21)19-23/h7-20,31H,1-6H3. The van der Waals surface area contributed by atoms with Crippen molar-refractivity contribution >= 4 is 22.1 Å². The first kappa shape index (κ1) is 21.2. The van der Waals surface area contributed by atoms with Crippen molar-refractivity contribution in [2.75, 3.05) is 5.32 Å². The van der Waals surface area contributed by atoms with Crippen molar-refractivity contribution in [1.29, 1.82) is 0 Å². The van der Waals surface area contributed by atoms with Crippen LogP contribution in [0.15, 0.2) is 84.9 Å². The van der Waals surface area contributed by atoms with Crippen LogP contribution in [0.4, 0.5) is 11.4 Å². The molecule has 0 atom stereocenters. The first-order chi connectivity index (χ1) is 14.6. The first-order valence-corrected chi connectivity index (χ1v) is 11.1. The molecule has 1 N–H and O–H groups in total. The number of hydrogen-bond donors (Lipinski definition) is 1. The molecule has 0 saturated carbocycles. The van der Waals surface area contributed by atoms with Crippen LogP contribution in [0, 0.1) is 0 Å². The molecule has 0 radical (unpaired) electrons. The van der Waals surface area contributed by atoms with E-state index in [1.165, 1.54) is 33.0 Å². The zero-order valence-electron chi connectivity index (χ0n) is 19.6. The fraction of sp³-hybridized carbons (Fsp3) is 0.267. The van der Waals surface area contributed by atoms with Crippen LogP contribution in [0.5, 0.6) is 0 Å². The molecular weight excluding hydrogens is 374 g/mol. The van der Waals surface area contributed by atoms with Gasteiger partial charge in [-0.3, -0.25) is 0 Å². The Morgan fingerprint density at radius 1 is 0.548 bits per heavy atom. The maximum Gasteiger partial charge on any atom is 0.0464 e. The summed E-state index contributed by atoms with van der Waals surface area (Å²) in [7, 11) is 0. The fourth-order valence-corrected chi connectivity index (χ4v) is 3.92. The summed E-state index contributed by atoms with van der Waals surface area (Å²) < 4.78 is 0. The molecule has 0 amide bonds. The fourth-order valence-electron chi connectivity index (χ4n) is 3.92. The van der Waals surface area contributed by atoms with Crippen LogP contribution in [0.1, 0.15) is 52.7 Å². The van der Waals surface area contributed by atoms with Gasteiger partial charge in [0.25, 0.3) is 0 Å². The van der Waals surface area contributed by atoms with Crippen molar-refractivity contribution in [2.45, 2.75) is 52.4 Å². The topological polar surface area (TPSA) is 12.0 Å². The predicted octanol–water partition coefficient (Wildman–Crippen LogP) is 8.85. The van der Waals surface area contributed by atoms with Crippen molar-refractivity contribution in [2.24, 2.45) is 0 Å². The lowest BCUT2D eigenvalue weighted by Gasteiger charge is -2.23. The first-order valence-electron chi connectivity index (χ1n) is 11.1. The second-order valence-electron chi connectivity index (χ2n) is 10.5. The van der Waals surface area contributed by atoms with Crippen molar-refractivity contribution in [3.8, 4) is 11.1 Å². The van der Waals surface area contributed by atoms with Gasteiger partial charge < -0.3 is 5.32 Å². The molecule has 4 aromatic carbocycles. The molecule has 0 aliphatic rings. The average Bonchev–Trinajstić information content (AvgIpc) is 2.72. The normalized spacial score (nSPS) is 12.2. The maximum absolute atomic E-state index is 3.68. The number of nitrogens with one attached hydrogen (secondary N) is 1. The Bertz CT molecular complexity index is 1200. The van der Waals surface area contributed by atoms with Gasteiger partial charge in [0.05, 0.1) is 0 Å². The summed E-state index contributed by atoms with van der Waals surface area (Å²) in [6, 6.07) is 30.9. The predicted molar refractivity (Wildman–Crippen MR) is 137 cm³/mol. The Balaban J connectivity index is 1.78. The van der Waals surface area contributed by atoms with Gasteiger partial charge in [0.1, 0.15) is 0 Å². The largest absolute Gasteiger partial charge is 0.355 e. The van der Waals surface area contributed by atoms with Gasteiger partial charge in [0, 0.05) is 16.9 Å². The molecule has 4 aromatic rings. The lowest BCUT2D eigenvalue weighted by molar-refractivity contribution is 0.590. The molecule has 4 rings (SSSR count). The number of hydrogen-bond acceptors (Lipinski definition) is 1. The summed E-state index contributed by atoms with van der Waals surface area (Å²) in [6.45, 7) is 13.6. The van der Waals surface area contributed by atoms with Gasteiger partial charge >= 0.3 is 0 Å². The highest BCUT2D eigenvalue weighted by atomic mass is 14.9. The second kappa shape index (κ2) is 7.89. The summed E-state index contributed by atoms with van der Waals surface area (Å²) >= 11 is 0. The minimum absolute atomic E-state index is 0.0957. The third-order valence-corrected chi connectivity index (χ3v) is 5.98. The number of anilines is 2. The molecule has 0 spiro atoms. The Morgan fingerprint density at radius 3 is 1.81 bits per heavy atom. The molecule has 0 unspecified atom stereocenters. The molecule has 0 bridgehead atoms. The van der Waals surface area contributed by atoms with E-state index >= 15 is 0 Å². The van der Waals surface area contributed by atoms with Gasteiger partial charge in [-0.2, -0.15) is 0 Å². The highest BCUT2D eigenvalue weighted by Gasteiger charge is 2.17. The Morgan fingerprint density at radius 2 is 1.16 bits per heavy atom. The molecule has 0 aliphatic heterocycles. The van der Waals surface area contributed by atoms with Crippen LogP contribution in [0.25, 0.3) is 21.9 Å². The van der Waals surface area contributed by atoms with Crippen molar-refractivity contribution in [3.05, 3.63) is 96.1 Å². The van der Waals surface area contributed by atoms with Crippen LogP contribution < -0.4 is 5.32 Å². The third-order valence-electron chi connectivity index (χ3n) is 5.98. The molecule has 0 aliphatic carbocycles. The van der Waals surface area contributed by atoms with Gasteiger partial charge in [0.2, 0.25) is 0 Å². The summed E-state index contributed by atoms with van der Waals surface area (Å²) in [6.07, 6.45) is 0. The van der Waals surface area contributed by atoms with Crippen LogP contribution in [-0.4, -0.2) is 0 Å². The smallest absolute Gasteiger partial charge is 0.0464 e. The summed E-state index contributed by atoms with van der Waals surface area (Å²) in [5.74, 6) is 0.